The zero-order valence-corrected chi connectivity index (χ0v) is 20.2. The second kappa shape index (κ2) is 11.9. The minimum atomic E-state index is -1.08. The lowest BCUT2D eigenvalue weighted by Gasteiger charge is -2.21. The van der Waals surface area contributed by atoms with Crippen LogP contribution in [0.5, 0.6) is 11.5 Å². The van der Waals surface area contributed by atoms with Crippen LogP contribution in [0.3, 0.4) is 0 Å². The largest absolute Gasteiger partial charge is 0.493 e. The van der Waals surface area contributed by atoms with E-state index in [9.17, 15) is 19.5 Å². The van der Waals surface area contributed by atoms with Crippen molar-refractivity contribution in [2.75, 3.05) is 20.3 Å². The molecular weight excluding hydrogens is 452 g/mol. The summed E-state index contributed by atoms with van der Waals surface area (Å²) in [6.45, 7) is 6.09. The van der Waals surface area contributed by atoms with Crippen molar-refractivity contribution in [2.45, 2.75) is 39.7 Å². The lowest BCUT2D eigenvalue weighted by atomic mass is 9.99. The van der Waals surface area contributed by atoms with Crippen LogP contribution >= 0.6 is 24.0 Å². The van der Waals surface area contributed by atoms with E-state index in [0.717, 1.165) is 17.3 Å². The van der Waals surface area contributed by atoms with E-state index in [0.29, 0.717) is 33.8 Å². The zero-order valence-electron chi connectivity index (χ0n) is 18.5. The number of carboxylic acid groups (broad SMARTS) is 1. The third kappa shape index (κ3) is 6.46. The van der Waals surface area contributed by atoms with Gasteiger partial charge in [-0.1, -0.05) is 50.3 Å². The smallest absolute Gasteiger partial charge is 0.326 e. The summed E-state index contributed by atoms with van der Waals surface area (Å²) in [7, 11) is 1.54. The number of methoxy groups -OCH3 is 1. The molecule has 0 bridgehead atoms. The summed E-state index contributed by atoms with van der Waals surface area (Å²) in [6, 6.07) is 4.39. The molecule has 0 spiro atoms. The molecule has 32 heavy (non-hydrogen) atoms. The van der Waals surface area contributed by atoms with Gasteiger partial charge >= 0.3 is 5.97 Å². The number of thiocarbonyl (C=S) groups is 1. The highest BCUT2D eigenvalue weighted by Gasteiger charge is 2.33. The summed E-state index contributed by atoms with van der Waals surface area (Å²) in [4.78, 5) is 38.3. The van der Waals surface area contributed by atoms with Crippen molar-refractivity contribution in [3.8, 4) is 11.5 Å². The third-order valence-corrected chi connectivity index (χ3v) is 6.39. The first-order chi connectivity index (χ1) is 15.2. The number of carboxylic acids is 1. The highest BCUT2D eigenvalue weighted by Crippen LogP contribution is 2.34. The third-order valence-electron chi connectivity index (χ3n) is 5.02. The molecule has 1 fully saturated rings. The summed E-state index contributed by atoms with van der Waals surface area (Å²) < 4.78 is 11.2. The van der Waals surface area contributed by atoms with E-state index in [-0.39, 0.29) is 24.8 Å². The fourth-order valence-electron chi connectivity index (χ4n) is 3.03. The number of carbonyl (C=O) groups is 3. The van der Waals surface area contributed by atoms with E-state index in [1.807, 2.05) is 19.9 Å². The number of rotatable bonds is 11. The number of nitrogens with one attached hydrogen (secondary N) is 1. The Morgan fingerprint density at radius 2 is 2.03 bits per heavy atom. The van der Waals surface area contributed by atoms with E-state index in [2.05, 4.69) is 5.32 Å². The maximum atomic E-state index is 12.8. The van der Waals surface area contributed by atoms with Gasteiger partial charge in [0, 0.05) is 13.0 Å². The molecule has 1 saturated heterocycles. The predicted octanol–water partition coefficient (Wildman–Crippen LogP) is 3.30. The summed E-state index contributed by atoms with van der Waals surface area (Å²) in [5, 5.41) is 11.9. The molecule has 0 radical (unpaired) electrons. The fourth-order valence-corrected chi connectivity index (χ4v) is 4.34. The number of amides is 2. The molecule has 2 atom stereocenters. The minimum absolute atomic E-state index is 0.0448. The normalized spacial score (nSPS) is 16.8. The monoisotopic (exact) mass is 480 g/mol. The molecule has 0 saturated carbocycles. The van der Waals surface area contributed by atoms with Gasteiger partial charge in [0.1, 0.15) is 10.4 Å². The van der Waals surface area contributed by atoms with E-state index < -0.39 is 17.9 Å². The molecule has 0 aromatic heterocycles. The molecule has 2 N–H and O–H groups in total. The van der Waals surface area contributed by atoms with Crippen LogP contribution in [-0.4, -0.2) is 58.4 Å². The van der Waals surface area contributed by atoms with Crippen molar-refractivity contribution in [3.63, 3.8) is 0 Å². The van der Waals surface area contributed by atoms with Crippen LogP contribution in [0.1, 0.15) is 39.2 Å². The van der Waals surface area contributed by atoms with Crippen molar-refractivity contribution in [3.05, 3.63) is 28.7 Å². The maximum absolute atomic E-state index is 12.8. The maximum Gasteiger partial charge on any atom is 0.326 e. The molecule has 1 heterocycles. The van der Waals surface area contributed by atoms with Gasteiger partial charge in [-0.25, -0.2) is 4.79 Å². The molecule has 1 aromatic carbocycles. The van der Waals surface area contributed by atoms with Crippen molar-refractivity contribution in [1.82, 2.24) is 10.2 Å². The van der Waals surface area contributed by atoms with E-state index in [4.69, 9.17) is 21.7 Å². The molecular formula is C22H28N2O6S2. The van der Waals surface area contributed by atoms with Crippen LogP contribution in [0.15, 0.2) is 23.1 Å². The number of hydrogen-bond acceptors (Lipinski definition) is 7. The number of aliphatic carboxylic acids is 1. The summed E-state index contributed by atoms with van der Waals surface area (Å²) in [5.41, 5.74) is 0.751. The van der Waals surface area contributed by atoms with Crippen LogP contribution in [0.2, 0.25) is 0 Å². The number of hydrogen-bond donors (Lipinski definition) is 2. The molecule has 174 valence electrons. The SMILES string of the molecule is CCOc1ccc(/C=C2/SC(=S)N(CCC(=O)N[C@H](C(=O)O)[C@H](C)CC)C2=O)cc1OC. The Hall–Kier alpha value is -2.59. The highest BCUT2D eigenvalue weighted by atomic mass is 32.2. The summed E-state index contributed by atoms with van der Waals surface area (Å²) in [5.74, 6) is -0.844. The Morgan fingerprint density at radius 3 is 2.62 bits per heavy atom. The first-order valence-corrected chi connectivity index (χ1v) is 11.5. The predicted molar refractivity (Wildman–Crippen MR) is 128 cm³/mol. The van der Waals surface area contributed by atoms with Crippen LogP contribution in [0.4, 0.5) is 0 Å². The summed E-state index contributed by atoms with van der Waals surface area (Å²) in [6.07, 6.45) is 2.28. The summed E-state index contributed by atoms with van der Waals surface area (Å²) >= 11 is 6.47. The second-order valence-electron chi connectivity index (χ2n) is 7.20. The molecule has 2 rings (SSSR count). The molecule has 8 nitrogen and oxygen atoms in total. The standard InChI is InChI=1S/C22H28N2O6S2/c1-5-13(3)19(21(27)28)23-18(25)9-10-24-20(26)17(32-22(24)31)12-14-7-8-15(30-6-2)16(11-14)29-4/h7-8,11-13,19H,5-6,9-10H2,1-4H3,(H,23,25)(H,27,28)/b17-12+/t13-,19+/m1/s1. The van der Waals surface area contributed by atoms with Crippen LogP contribution in [0, 0.1) is 5.92 Å². The van der Waals surface area contributed by atoms with Crippen LogP contribution in [-0.2, 0) is 14.4 Å². The van der Waals surface area contributed by atoms with Crippen LogP contribution in [0.25, 0.3) is 6.08 Å². The number of ether oxygens (including phenoxy) is 2. The van der Waals surface area contributed by atoms with E-state index >= 15 is 0 Å². The highest BCUT2D eigenvalue weighted by molar-refractivity contribution is 8.26. The molecule has 1 aliphatic rings. The van der Waals surface area contributed by atoms with Crippen molar-refractivity contribution in [2.24, 2.45) is 5.92 Å². The van der Waals surface area contributed by atoms with Gasteiger partial charge in [0.05, 0.1) is 18.6 Å². The average Bonchev–Trinajstić information content (AvgIpc) is 3.03. The lowest BCUT2D eigenvalue weighted by Crippen LogP contribution is -2.46. The topological polar surface area (TPSA) is 105 Å². The minimum Gasteiger partial charge on any atom is -0.493 e. The number of benzene rings is 1. The molecule has 2 amide bonds. The van der Waals surface area contributed by atoms with Gasteiger partial charge < -0.3 is 19.9 Å². The van der Waals surface area contributed by atoms with E-state index in [1.54, 1.807) is 32.2 Å². The first kappa shape index (κ1) is 25.7. The van der Waals surface area contributed by atoms with Gasteiger partial charge in [0.15, 0.2) is 11.5 Å². The molecule has 1 aromatic rings. The Kier molecular flexibility index (Phi) is 9.52. The molecule has 0 unspecified atom stereocenters. The Balaban J connectivity index is 2.05. The fraction of sp³-hybridized carbons (Fsp3) is 0.455. The van der Waals surface area contributed by atoms with Gasteiger partial charge in [0.25, 0.3) is 5.91 Å². The van der Waals surface area contributed by atoms with Crippen molar-refractivity contribution in [1.29, 1.82) is 0 Å². The van der Waals surface area contributed by atoms with Gasteiger partial charge in [-0.05, 0) is 36.6 Å². The van der Waals surface area contributed by atoms with Crippen molar-refractivity contribution < 1.29 is 29.0 Å². The van der Waals surface area contributed by atoms with Crippen LogP contribution < -0.4 is 14.8 Å². The molecule has 10 heteroatoms. The first-order valence-electron chi connectivity index (χ1n) is 10.3. The number of carbonyl (C=O) groups excluding carboxylic acids is 2. The van der Waals surface area contributed by atoms with E-state index in [1.165, 1.54) is 4.90 Å². The molecule has 1 aliphatic heterocycles. The average molecular weight is 481 g/mol. The molecule has 0 aliphatic carbocycles. The number of nitrogens with zero attached hydrogens (tertiary/aromatic N) is 1. The Morgan fingerprint density at radius 1 is 1.31 bits per heavy atom. The lowest BCUT2D eigenvalue weighted by molar-refractivity contribution is -0.143. The van der Waals surface area contributed by atoms with Gasteiger partial charge in [-0.15, -0.1) is 0 Å². The second-order valence-corrected chi connectivity index (χ2v) is 8.87. The van der Waals surface area contributed by atoms with Gasteiger partial charge in [0.2, 0.25) is 5.91 Å². The number of thioether (sulfide) groups is 1. The zero-order chi connectivity index (χ0) is 23.8. The Labute approximate surface area is 197 Å². The Bertz CT molecular complexity index is 918. The van der Waals surface area contributed by atoms with Crippen molar-refractivity contribution >= 4 is 52.2 Å². The van der Waals surface area contributed by atoms with Gasteiger partial charge in [-0.2, -0.15) is 0 Å². The van der Waals surface area contributed by atoms with Gasteiger partial charge in [-0.3, -0.25) is 14.5 Å². The quantitative estimate of drug-likeness (QED) is 0.367.